The predicted molar refractivity (Wildman–Crippen MR) is 78.9 cm³/mol. The summed E-state index contributed by atoms with van der Waals surface area (Å²) in [6, 6.07) is 1.94. The van der Waals surface area contributed by atoms with Crippen LogP contribution in [0.4, 0.5) is 14.5 Å². The summed E-state index contributed by atoms with van der Waals surface area (Å²) in [6.45, 7) is 3.58. The van der Waals surface area contributed by atoms with Gasteiger partial charge in [0.2, 0.25) is 0 Å². The molecule has 0 amide bonds. The number of benzene rings is 1. The zero-order chi connectivity index (χ0) is 16.6. The molecule has 0 bridgehead atoms. The fourth-order valence-electron chi connectivity index (χ4n) is 2.36. The number of hydrogen-bond acceptors (Lipinski definition) is 3. The van der Waals surface area contributed by atoms with E-state index in [1.165, 1.54) is 16.9 Å². The van der Waals surface area contributed by atoms with Crippen molar-refractivity contribution in [3.63, 3.8) is 0 Å². The second-order valence-corrected chi connectivity index (χ2v) is 5.46. The molecule has 0 spiro atoms. The van der Waals surface area contributed by atoms with Crippen LogP contribution in [0.3, 0.4) is 0 Å². The minimum Gasteiger partial charge on any atom is -0.478 e. The number of carboxylic acid groups (broad SMARTS) is 1. The number of carboxylic acids is 1. The van der Waals surface area contributed by atoms with E-state index in [0.717, 1.165) is 6.07 Å². The SMILES string of the molecule is CC(C)c1c(C(=O)O)cnn1-c1c(F)cc(F)cc1N(C)C. The summed E-state index contributed by atoms with van der Waals surface area (Å²) in [7, 11) is 3.29. The van der Waals surface area contributed by atoms with E-state index in [4.69, 9.17) is 0 Å². The third-order valence-corrected chi connectivity index (χ3v) is 3.29. The van der Waals surface area contributed by atoms with Gasteiger partial charge in [-0.2, -0.15) is 5.10 Å². The molecule has 0 aliphatic heterocycles. The first kappa shape index (κ1) is 15.9. The molecule has 0 aliphatic carbocycles. The van der Waals surface area contributed by atoms with E-state index < -0.39 is 17.6 Å². The van der Waals surface area contributed by atoms with Crippen molar-refractivity contribution >= 4 is 11.7 Å². The number of carbonyl (C=O) groups is 1. The molecule has 118 valence electrons. The zero-order valence-corrected chi connectivity index (χ0v) is 12.8. The average Bonchev–Trinajstić information content (AvgIpc) is 2.82. The quantitative estimate of drug-likeness (QED) is 0.943. The molecule has 0 radical (unpaired) electrons. The minimum absolute atomic E-state index is 0.00318. The molecule has 0 saturated heterocycles. The molecule has 0 saturated carbocycles. The number of anilines is 1. The highest BCUT2D eigenvalue weighted by molar-refractivity contribution is 5.89. The van der Waals surface area contributed by atoms with Gasteiger partial charge < -0.3 is 10.0 Å². The molecule has 22 heavy (non-hydrogen) atoms. The molecule has 0 fully saturated rings. The van der Waals surface area contributed by atoms with Gasteiger partial charge in [0.25, 0.3) is 0 Å². The van der Waals surface area contributed by atoms with E-state index >= 15 is 0 Å². The first-order chi connectivity index (χ1) is 10.2. The zero-order valence-electron chi connectivity index (χ0n) is 12.8. The second-order valence-electron chi connectivity index (χ2n) is 5.46. The molecule has 0 aliphatic rings. The molecule has 2 aromatic rings. The predicted octanol–water partition coefficient (Wildman–Crippen LogP) is 3.04. The Morgan fingerprint density at radius 1 is 1.32 bits per heavy atom. The second kappa shape index (κ2) is 5.75. The Kier molecular flexibility index (Phi) is 4.16. The maximum atomic E-state index is 14.3. The Labute approximate surface area is 126 Å². The van der Waals surface area contributed by atoms with Crippen LogP contribution >= 0.6 is 0 Å². The average molecular weight is 309 g/mol. The Bertz CT molecular complexity index is 724. The van der Waals surface area contributed by atoms with Crippen molar-refractivity contribution in [2.24, 2.45) is 0 Å². The van der Waals surface area contributed by atoms with Crippen molar-refractivity contribution in [1.29, 1.82) is 0 Å². The fraction of sp³-hybridized carbons (Fsp3) is 0.333. The smallest absolute Gasteiger partial charge is 0.339 e. The van der Waals surface area contributed by atoms with Gasteiger partial charge in [0.15, 0.2) is 5.82 Å². The lowest BCUT2D eigenvalue weighted by atomic mass is 10.1. The highest BCUT2D eigenvalue weighted by atomic mass is 19.1. The molecule has 5 nitrogen and oxygen atoms in total. The summed E-state index contributed by atoms with van der Waals surface area (Å²) in [4.78, 5) is 12.9. The van der Waals surface area contributed by atoms with Crippen molar-refractivity contribution in [2.45, 2.75) is 19.8 Å². The fourth-order valence-corrected chi connectivity index (χ4v) is 2.36. The monoisotopic (exact) mass is 309 g/mol. The highest BCUT2D eigenvalue weighted by Gasteiger charge is 2.24. The van der Waals surface area contributed by atoms with Gasteiger partial charge in [-0.1, -0.05) is 13.8 Å². The third kappa shape index (κ3) is 2.66. The van der Waals surface area contributed by atoms with Crippen LogP contribution in [0, 0.1) is 11.6 Å². The Morgan fingerprint density at radius 2 is 1.95 bits per heavy atom. The summed E-state index contributed by atoms with van der Waals surface area (Å²) in [5.74, 6) is -2.84. The lowest BCUT2D eigenvalue weighted by molar-refractivity contribution is 0.0695. The Morgan fingerprint density at radius 3 is 2.45 bits per heavy atom. The lowest BCUT2D eigenvalue weighted by Crippen LogP contribution is -2.17. The first-order valence-corrected chi connectivity index (χ1v) is 6.72. The van der Waals surface area contributed by atoms with Crippen molar-refractivity contribution in [2.75, 3.05) is 19.0 Å². The molecule has 1 aromatic carbocycles. The molecule has 2 rings (SSSR count). The maximum absolute atomic E-state index is 14.3. The highest BCUT2D eigenvalue weighted by Crippen LogP contribution is 2.31. The summed E-state index contributed by atoms with van der Waals surface area (Å²) in [5, 5.41) is 13.3. The van der Waals surface area contributed by atoms with Gasteiger partial charge in [-0.15, -0.1) is 0 Å². The van der Waals surface area contributed by atoms with Crippen LogP contribution < -0.4 is 4.90 Å². The van der Waals surface area contributed by atoms with E-state index in [0.29, 0.717) is 5.69 Å². The van der Waals surface area contributed by atoms with Gasteiger partial charge in [-0.25, -0.2) is 18.3 Å². The number of aromatic nitrogens is 2. The molecule has 0 atom stereocenters. The van der Waals surface area contributed by atoms with Gasteiger partial charge in [0.1, 0.15) is 17.1 Å². The van der Waals surface area contributed by atoms with Crippen LogP contribution in [-0.2, 0) is 0 Å². The molecular weight excluding hydrogens is 292 g/mol. The Balaban J connectivity index is 2.80. The topological polar surface area (TPSA) is 58.4 Å². The van der Waals surface area contributed by atoms with Crippen LogP contribution in [0.5, 0.6) is 0 Å². The van der Waals surface area contributed by atoms with Crippen LogP contribution in [0.15, 0.2) is 18.3 Å². The lowest BCUT2D eigenvalue weighted by Gasteiger charge is -2.20. The van der Waals surface area contributed by atoms with Crippen molar-refractivity contribution in [3.05, 3.63) is 41.2 Å². The van der Waals surface area contributed by atoms with E-state index in [1.54, 1.807) is 32.8 Å². The molecule has 1 heterocycles. The third-order valence-electron chi connectivity index (χ3n) is 3.29. The largest absolute Gasteiger partial charge is 0.478 e. The normalized spacial score (nSPS) is 11.0. The Hall–Kier alpha value is -2.44. The molecular formula is C15H17F2N3O2. The molecule has 0 unspecified atom stereocenters. The van der Waals surface area contributed by atoms with E-state index in [-0.39, 0.29) is 22.9 Å². The van der Waals surface area contributed by atoms with Gasteiger partial charge in [0, 0.05) is 20.2 Å². The van der Waals surface area contributed by atoms with Gasteiger partial charge >= 0.3 is 5.97 Å². The van der Waals surface area contributed by atoms with Gasteiger partial charge in [-0.05, 0) is 12.0 Å². The number of rotatable bonds is 4. The number of nitrogens with zero attached hydrogens (tertiary/aromatic N) is 3. The van der Waals surface area contributed by atoms with Gasteiger partial charge in [0.05, 0.1) is 17.6 Å². The van der Waals surface area contributed by atoms with Crippen molar-refractivity contribution in [3.8, 4) is 5.69 Å². The number of hydrogen-bond donors (Lipinski definition) is 1. The summed E-state index contributed by atoms with van der Waals surface area (Å²) >= 11 is 0. The van der Waals surface area contributed by atoms with Crippen molar-refractivity contribution < 1.29 is 18.7 Å². The van der Waals surface area contributed by atoms with E-state index in [9.17, 15) is 18.7 Å². The number of aromatic carboxylic acids is 1. The molecule has 1 aromatic heterocycles. The van der Waals surface area contributed by atoms with Gasteiger partial charge in [-0.3, -0.25) is 0 Å². The number of halogens is 2. The van der Waals surface area contributed by atoms with Crippen LogP contribution in [-0.4, -0.2) is 35.0 Å². The summed E-state index contributed by atoms with van der Waals surface area (Å²) in [5.41, 5.74) is 0.673. The van der Waals surface area contributed by atoms with Crippen LogP contribution in [0.25, 0.3) is 5.69 Å². The van der Waals surface area contributed by atoms with Crippen LogP contribution in [0.2, 0.25) is 0 Å². The van der Waals surface area contributed by atoms with E-state index in [1.807, 2.05) is 0 Å². The van der Waals surface area contributed by atoms with Crippen molar-refractivity contribution in [1.82, 2.24) is 9.78 Å². The maximum Gasteiger partial charge on any atom is 0.339 e. The standard InChI is InChI=1S/C15H17F2N3O2/c1-8(2)13-10(15(21)22)7-18-20(13)14-11(17)5-9(16)6-12(14)19(3)4/h5-8H,1-4H3,(H,21,22). The summed E-state index contributed by atoms with van der Waals surface area (Å²) in [6.07, 6.45) is 1.18. The minimum atomic E-state index is -1.14. The van der Waals surface area contributed by atoms with E-state index in [2.05, 4.69) is 5.10 Å². The van der Waals surface area contributed by atoms with Crippen LogP contribution in [0.1, 0.15) is 35.8 Å². The first-order valence-electron chi connectivity index (χ1n) is 6.72. The summed E-state index contributed by atoms with van der Waals surface area (Å²) < 4.78 is 29.1. The molecule has 7 heteroatoms. The molecule has 1 N–H and O–H groups in total.